The molecule has 2 aliphatic rings. The molecule has 0 saturated carbocycles. The summed E-state index contributed by atoms with van der Waals surface area (Å²) < 4.78 is 13.0. The van der Waals surface area contributed by atoms with Gasteiger partial charge in [-0.2, -0.15) is 5.10 Å². The molecule has 2 aliphatic heterocycles. The summed E-state index contributed by atoms with van der Waals surface area (Å²) in [6.07, 6.45) is 1.45. The van der Waals surface area contributed by atoms with Gasteiger partial charge in [0.25, 0.3) is 0 Å². The first-order chi connectivity index (χ1) is 21.0. The Morgan fingerprint density at radius 2 is 1.66 bits per heavy atom. The average Bonchev–Trinajstić information content (AvgIpc) is 3.40. The second-order valence-corrected chi connectivity index (χ2v) is 10.8. The van der Waals surface area contributed by atoms with Gasteiger partial charge in [-0.25, -0.2) is 23.6 Å². The summed E-state index contributed by atoms with van der Waals surface area (Å²) >= 11 is 0. The lowest BCUT2D eigenvalue weighted by atomic mass is 9.84. The maximum atomic E-state index is 13.6. The first-order valence-electron chi connectivity index (χ1n) is 13.9. The Kier molecular flexibility index (Phi) is 8.47. The molecule has 2 aromatic carbocycles. The van der Waals surface area contributed by atoms with Crippen molar-refractivity contribution in [2.24, 2.45) is 0 Å². The number of aromatic nitrogens is 2. The van der Waals surface area contributed by atoms with Crippen LogP contribution in [-0.2, 0) is 25.6 Å². The number of hydrogen-bond acceptors (Lipinski definition) is 7. The van der Waals surface area contributed by atoms with Crippen LogP contribution in [0.3, 0.4) is 0 Å². The van der Waals surface area contributed by atoms with Gasteiger partial charge >= 0.3 is 23.9 Å². The molecule has 5 rings (SSSR count). The number of anilines is 1. The maximum absolute atomic E-state index is 13.6. The molecule has 2 unspecified atom stereocenters. The zero-order valence-electron chi connectivity index (χ0n) is 23.5. The number of nitrogens with one attached hydrogen (secondary N) is 1. The molecule has 2 atom stereocenters. The van der Waals surface area contributed by atoms with Crippen molar-refractivity contribution in [3.05, 3.63) is 82.8 Å². The second-order valence-electron chi connectivity index (χ2n) is 10.8. The number of rotatable bonds is 10. The minimum absolute atomic E-state index is 0.000729. The zero-order valence-corrected chi connectivity index (χ0v) is 23.5. The predicted molar refractivity (Wildman–Crippen MR) is 154 cm³/mol. The number of piperazine rings is 1. The van der Waals surface area contributed by atoms with Crippen molar-refractivity contribution in [2.75, 3.05) is 50.7 Å². The molecule has 3 aromatic rings. The highest BCUT2D eigenvalue weighted by atomic mass is 19.1. The number of fused-ring (bicyclic) bond motifs is 2. The molecule has 230 valence electrons. The van der Waals surface area contributed by atoms with Gasteiger partial charge in [0.2, 0.25) is 5.70 Å². The van der Waals surface area contributed by atoms with Gasteiger partial charge in [0.05, 0.1) is 24.7 Å². The lowest BCUT2D eigenvalue weighted by molar-refractivity contribution is -0.914. The van der Waals surface area contributed by atoms with Crippen LogP contribution in [0.5, 0.6) is 0 Å². The van der Waals surface area contributed by atoms with Crippen molar-refractivity contribution in [1.82, 2.24) is 15.1 Å². The third kappa shape index (κ3) is 5.89. The Hall–Kier alpha value is -5.08. The van der Waals surface area contributed by atoms with E-state index in [-0.39, 0.29) is 25.5 Å². The third-order valence-corrected chi connectivity index (χ3v) is 8.40. The monoisotopic (exact) mass is 608 g/mol. The van der Waals surface area contributed by atoms with Crippen LogP contribution >= 0.6 is 0 Å². The van der Waals surface area contributed by atoms with Gasteiger partial charge in [0, 0.05) is 56.2 Å². The standard InChI is InChI=1S/C30H30FN5O8/c31-19-5-6-21-23(15-19)32-33-28(21)35-10-8-34(9-11-35)12-14-36(24(30(43)44)17-26(39)40)13-7-18-3-1-2-4-20(18)27(36)22(29(41)42)16-25(37)38/h1-6,15-17,27H,7-14H2,(H4-,32,33,37,38,39,40,41,42,43,44)/p+1. The van der Waals surface area contributed by atoms with Gasteiger partial charge < -0.3 is 25.3 Å². The largest absolute Gasteiger partial charge is 0.478 e. The van der Waals surface area contributed by atoms with Gasteiger partial charge in [0.1, 0.15) is 11.4 Å². The van der Waals surface area contributed by atoms with Crippen molar-refractivity contribution in [2.45, 2.75) is 12.5 Å². The highest BCUT2D eigenvalue weighted by molar-refractivity contribution is 5.97. The highest BCUT2D eigenvalue weighted by Crippen LogP contribution is 2.44. The summed E-state index contributed by atoms with van der Waals surface area (Å²) in [4.78, 5) is 53.0. The van der Waals surface area contributed by atoms with E-state index in [4.69, 9.17) is 0 Å². The van der Waals surface area contributed by atoms with Crippen LogP contribution in [0.2, 0.25) is 0 Å². The molecular weight excluding hydrogens is 577 g/mol. The molecule has 0 spiro atoms. The minimum Gasteiger partial charge on any atom is -0.478 e. The average molecular weight is 609 g/mol. The Bertz CT molecular complexity index is 1690. The molecule has 13 nitrogen and oxygen atoms in total. The van der Waals surface area contributed by atoms with Crippen LogP contribution in [0, 0.1) is 5.82 Å². The van der Waals surface area contributed by atoms with Gasteiger partial charge in [-0.05, 0) is 23.8 Å². The van der Waals surface area contributed by atoms with E-state index in [0.29, 0.717) is 61.6 Å². The number of benzene rings is 2. The lowest BCUT2D eigenvalue weighted by Crippen LogP contribution is -2.60. The molecule has 0 amide bonds. The summed E-state index contributed by atoms with van der Waals surface area (Å²) in [6, 6.07) is 9.89. The van der Waals surface area contributed by atoms with Gasteiger partial charge in [-0.3, -0.25) is 14.5 Å². The summed E-state index contributed by atoms with van der Waals surface area (Å²) in [5.41, 5.74) is 0.638. The van der Waals surface area contributed by atoms with Crippen LogP contribution in [0.4, 0.5) is 10.2 Å². The number of carboxylic acids is 4. The maximum Gasteiger partial charge on any atom is 0.390 e. The summed E-state index contributed by atoms with van der Waals surface area (Å²) in [6.45, 7) is 2.44. The van der Waals surface area contributed by atoms with Crippen molar-refractivity contribution in [1.29, 1.82) is 0 Å². The van der Waals surface area contributed by atoms with Crippen LogP contribution in [0.25, 0.3) is 10.9 Å². The quantitative estimate of drug-likeness (QED) is 0.168. The molecule has 14 heteroatoms. The Morgan fingerprint density at radius 1 is 0.955 bits per heavy atom. The molecule has 1 fully saturated rings. The van der Waals surface area contributed by atoms with Gasteiger partial charge in [0.15, 0.2) is 11.9 Å². The van der Waals surface area contributed by atoms with Gasteiger partial charge in [-0.15, -0.1) is 0 Å². The topological polar surface area (TPSA) is 184 Å². The molecular formula is C30H31FN5O8+. The fraction of sp³-hybridized carbons (Fsp3) is 0.300. The summed E-state index contributed by atoms with van der Waals surface area (Å²) in [5, 5.41) is 47.7. The number of aliphatic carboxylic acids is 4. The van der Waals surface area contributed by atoms with E-state index in [0.717, 1.165) is 10.9 Å². The van der Waals surface area contributed by atoms with E-state index in [2.05, 4.69) is 15.1 Å². The number of H-pyrrole nitrogens is 1. The van der Waals surface area contributed by atoms with E-state index >= 15 is 0 Å². The normalized spacial score (nSPS) is 21.2. The van der Waals surface area contributed by atoms with E-state index in [1.807, 2.05) is 4.90 Å². The number of carbonyl (C=O) groups is 4. The first-order valence-corrected chi connectivity index (χ1v) is 13.9. The van der Waals surface area contributed by atoms with Crippen molar-refractivity contribution < 1.29 is 48.5 Å². The smallest absolute Gasteiger partial charge is 0.390 e. The fourth-order valence-corrected chi connectivity index (χ4v) is 6.41. The van der Waals surface area contributed by atoms with E-state index in [1.165, 1.54) is 12.1 Å². The number of carboxylic acid groups (broad SMARTS) is 4. The molecule has 1 saturated heterocycles. The van der Waals surface area contributed by atoms with Crippen molar-refractivity contribution >= 4 is 40.6 Å². The van der Waals surface area contributed by atoms with Crippen LogP contribution in [0.15, 0.2) is 65.9 Å². The van der Waals surface area contributed by atoms with E-state index < -0.39 is 45.7 Å². The number of hydrogen-bond donors (Lipinski definition) is 5. The number of aromatic amines is 1. The SMILES string of the molecule is O=C(O)C=C(C(=O)O)C1c2ccccc2CC[N+]1(CCN1CCN(c2n[nH]c3cc(F)ccc23)CC1)C(=CC(=O)O)C(=O)O. The third-order valence-electron chi connectivity index (χ3n) is 8.40. The highest BCUT2D eigenvalue weighted by Gasteiger charge is 2.52. The molecule has 1 aromatic heterocycles. The summed E-state index contributed by atoms with van der Waals surface area (Å²) in [7, 11) is 0. The van der Waals surface area contributed by atoms with Gasteiger partial charge in [-0.1, -0.05) is 24.3 Å². The Morgan fingerprint density at radius 3 is 2.32 bits per heavy atom. The molecule has 5 N–H and O–H groups in total. The van der Waals surface area contributed by atoms with Crippen LogP contribution in [-0.4, -0.2) is 110 Å². The molecule has 0 radical (unpaired) electrons. The Balaban J connectivity index is 1.49. The van der Waals surface area contributed by atoms with Crippen molar-refractivity contribution in [3.8, 4) is 0 Å². The number of nitrogens with zero attached hydrogens (tertiary/aromatic N) is 4. The number of quaternary nitrogens is 1. The summed E-state index contributed by atoms with van der Waals surface area (Å²) in [5.74, 6) is -5.82. The lowest BCUT2D eigenvalue weighted by Gasteiger charge is -2.48. The zero-order chi connectivity index (χ0) is 31.6. The van der Waals surface area contributed by atoms with Crippen LogP contribution < -0.4 is 4.90 Å². The minimum atomic E-state index is -1.55. The molecule has 44 heavy (non-hydrogen) atoms. The van der Waals surface area contributed by atoms with E-state index in [9.17, 15) is 44.0 Å². The molecule has 0 bridgehead atoms. The molecule has 3 heterocycles. The fourth-order valence-electron chi connectivity index (χ4n) is 6.41. The van der Waals surface area contributed by atoms with E-state index in [1.54, 1.807) is 30.3 Å². The number of halogens is 1. The van der Waals surface area contributed by atoms with Crippen LogP contribution in [0.1, 0.15) is 17.2 Å². The van der Waals surface area contributed by atoms with Crippen molar-refractivity contribution in [3.63, 3.8) is 0 Å². The first kappa shape index (κ1) is 30.4. The Labute approximate surface area is 250 Å². The second kappa shape index (κ2) is 12.3. The molecule has 0 aliphatic carbocycles. The predicted octanol–water partition coefficient (Wildman–Crippen LogP) is 2.09.